The van der Waals surface area contributed by atoms with E-state index in [9.17, 15) is 4.79 Å². The minimum Gasteiger partial charge on any atom is -0.370 e. The molecule has 0 aromatic heterocycles. The molecular formula is C10H18BrNO. The van der Waals surface area contributed by atoms with Crippen molar-refractivity contribution in [3.05, 3.63) is 0 Å². The predicted octanol–water partition coefficient (Wildman–Crippen LogP) is 2.60. The van der Waals surface area contributed by atoms with Crippen molar-refractivity contribution in [2.45, 2.75) is 49.8 Å². The molecule has 1 rings (SSSR count). The zero-order valence-electron chi connectivity index (χ0n) is 7.97. The van der Waals surface area contributed by atoms with Crippen LogP contribution in [0, 0.1) is 5.92 Å². The summed E-state index contributed by atoms with van der Waals surface area (Å²) < 4.78 is 0. The first-order chi connectivity index (χ1) is 6.20. The SMILES string of the molecule is NC(=O)CC(Br)C1CCCCCC1. The van der Waals surface area contributed by atoms with Gasteiger partial charge in [0.25, 0.3) is 0 Å². The maximum Gasteiger partial charge on any atom is 0.218 e. The second kappa shape index (κ2) is 5.63. The molecule has 1 aliphatic carbocycles. The molecule has 0 radical (unpaired) electrons. The molecule has 1 fully saturated rings. The number of halogens is 1. The standard InChI is InChI=1S/C10H18BrNO/c11-9(7-10(12)13)8-5-3-1-2-4-6-8/h8-9H,1-7H2,(H2,12,13). The van der Waals surface area contributed by atoms with Crippen LogP contribution >= 0.6 is 15.9 Å². The molecule has 1 amide bonds. The van der Waals surface area contributed by atoms with Crippen molar-refractivity contribution >= 4 is 21.8 Å². The van der Waals surface area contributed by atoms with Crippen molar-refractivity contribution in [3.8, 4) is 0 Å². The Kier molecular flexibility index (Phi) is 4.78. The Balaban J connectivity index is 2.34. The molecule has 3 heteroatoms. The van der Waals surface area contributed by atoms with Crippen LogP contribution in [-0.4, -0.2) is 10.7 Å². The van der Waals surface area contributed by atoms with E-state index >= 15 is 0 Å². The summed E-state index contributed by atoms with van der Waals surface area (Å²) in [5.74, 6) is 0.473. The third kappa shape index (κ3) is 4.12. The van der Waals surface area contributed by atoms with Gasteiger partial charge in [-0.05, 0) is 18.8 Å². The number of rotatable bonds is 3. The van der Waals surface area contributed by atoms with Gasteiger partial charge in [-0.15, -0.1) is 0 Å². The lowest BCUT2D eigenvalue weighted by molar-refractivity contribution is -0.118. The molecule has 1 saturated carbocycles. The first-order valence-corrected chi connectivity index (χ1v) is 6.04. The van der Waals surface area contributed by atoms with E-state index in [1.807, 2.05) is 0 Å². The molecule has 0 aliphatic heterocycles. The fourth-order valence-electron chi connectivity index (χ4n) is 2.03. The van der Waals surface area contributed by atoms with Crippen molar-refractivity contribution < 1.29 is 4.79 Å². The summed E-state index contributed by atoms with van der Waals surface area (Å²) in [7, 11) is 0. The van der Waals surface area contributed by atoms with Gasteiger partial charge in [0.05, 0.1) is 0 Å². The van der Waals surface area contributed by atoms with Crippen LogP contribution in [0.15, 0.2) is 0 Å². The second-order valence-electron chi connectivity index (χ2n) is 3.94. The molecule has 0 bridgehead atoms. The van der Waals surface area contributed by atoms with Crippen molar-refractivity contribution in [3.63, 3.8) is 0 Å². The van der Waals surface area contributed by atoms with E-state index in [1.54, 1.807) is 0 Å². The van der Waals surface area contributed by atoms with Crippen molar-refractivity contribution in [2.24, 2.45) is 11.7 Å². The largest absolute Gasteiger partial charge is 0.370 e. The zero-order valence-corrected chi connectivity index (χ0v) is 9.55. The fraction of sp³-hybridized carbons (Fsp3) is 0.900. The highest BCUT2D eigenvalue weighted by molar-refractivity contribution is 9.09. The molecule has 1 atom stereocenters. The summed E-state index contributed by atoms with van der Waals surface area (Å²) >= 11 is 3.57. The van der Waals surface area contributed by atoms with Crippen LogP contribution in [0.5, 0.6) is 0 Å². The number of primary amides is 1. The van der Waals surface area contributed by atoms with E-state index in [2.05, 4.69) is 15.9 Å². The van der Waals surface area contributed by atoms with Gasteiger partial charge in [0.1, 0.15) is 0 Å². The summed E-state index contributed by atoms with van der Waals surface area (Å²) in [6, 6.07) is 0. The van der Waals surface area contributed by atoms with Gasteiger partial charge in [0.15, 0.2) is 0 Å². The Hall–Kier alpha value is -0.0500. The first kappa shape index (κ1) is 11.0. The number of hydrogen-bond donors (Lipinski definition) is 1. The van der Waals surface area contributed by atoms with Crippen molar-refractivity contribution in [1.82, 2.24) is 0 Å². The summed E-state index contributed by atoms with van der Waals surface area (Å²) in [6.07, 6.45) is 8.33. The molecule has 0 heterocycles. The molecule has 0 spiro atoms. The number of amides is 1. The maximum absolute atomic E-state index is 10.7. The molecule has 76 valence electrons. The van der Waals surface area contributed by atoms with Crippen LogP contribution in [0.1, 0.15) is 44.9 Å². The lowest BCUT2D eigenvalue weighted by Gasteiger charge is -2.19. The summed E-state index contributed by atoms with van der Waals surface area (Å²) in [4.78, 5) is 11.0. The van der Waals surface area contributed by atoms with Crippen LogP contribution in [0.3, 0.4) is 0 Å². The van der Waals surface area contributed by atoms with Gasteiger partial charge in [-0.2, -0.15) is 0 Å². The van der Waals surface area contributed by atoms with Gasteiger partial charge < -0.3 is 5.73 Å². The topological polar surface area (TPSA) is 43.1 Å². The number of carbonyl (C=O) groups excluding carboxylic acids is 1. The van der Waals surface area contributed by atoms with E-state index in [4.69, 9.17) is 5.73 Å². The van der Waals surface area contributed by atoms with E-state index in [0.29, 0.717) is 17.2 Å². The molecule has 1 aliphatic rings. The summed E-state index contributed by atoms with van der Waals surface area (Å²) in [6.45, 7) is 0. The van der Waals surface area contributed by atoms with Gasteiger partial charge in [0, 0.05) is 11.2 Å². The third-order valence-corrected chi connectivity index (χ3v) is 3.88. The van der Waals surface area contributed by atoms with E-state index < -0.39 is 0 Å². The van der Waals surface area contributed by atoms with Gasteiger partial charge in [-0.3, -0.25) is 4.79 Å². The lowest BCUT2D eigenvalue weighted by Crippen LogP contribution is -2.22. The molecule has 0 aromatic rings. The minimum absolute atomic E-state index is 0.189. The normalized spacial score (nSPS) is 22.2. The summed E-state index contributed by atoms with van der Waals surface area (Å²) in [5, 5.41) is 0. The van der Waals surface area contributed by atoms with Crippen molar-refractivity contribution in [1.29, 1.82) is 0 Å². The second-order valence-corrected chi connectivity index (χ2v) is 5.11. The number of hydrogen-bond acceptors (Lipinski definition) is 1. The van der Waals surface area contributed by atoms with Crippen molar-refractivity contribution in [2.75, 3.05) is 0 Å². The molecule has 2 N–H and O–H groups in total. The first-order valence-electron chi connectivity index (χ1n) is 5.12. The molecule has 0 aromatic carbocycles. The average Bonchev–Trinajstić information content (AvgIpc) is 2.29. The van der Waals surface area contributed by atoms with Gasteiger partial charge in [-0.25, -0.2) is 0 Å². The molecule has 2 nitrogen and oxygen atoms in total. The Bertz CT molecular complexity index is 164. The smallest absolute Gasteiger partial charge is 0.218 e. The maximum atomic E-state index is 10.7. The highest BCUT2D eigenvalue weighted by atomic mass is 79.9. The quantitative estimate of drug-likeness (QED) is 0.605. The van der Waals surface area contributed by atoms with Crippen LogP contribution in [0.25, 0.3) is 0 Å². The van der Waals surface area contributed by atoms with Gasteiger partial charge in [0.2, 0.25) is 5.91 Å². The summed E-state index contributed by atoms with van der Waals surface area (Å²) in [5.41, 5.74) is 5.17. The predicted molar refractivity (Wildman–Crippen MR) is 57.7 cm³/mol. The molecule has 13 heavy (non-hydrogen) atoms. The number of nitrogens with two attached hydrogens (primary N) is 1. The monoisotopic (exact) mass is 247 g/mol. The van der Waals surface area contributed by atoms with Crippen LogP contribution in [0.4, 0.5) is 0 Å². The Labute approximate surface area is 88.4 Å². The fourth-order valence-corrected chi connectivity index (χ4v) is 2.88. The van der Waals surface area contributed by atoms with E-state index in [0.717, 1.165) is 0 Å². The molecule has 0 saturated heterocycles. The number of carbonyl (C=O) groups is 1. The van der Waals surface area contributed by atoms with Crippen LogP contribution in [0.2, 0.25) is 0 Å². The van der Waals surface area contributed by atoms with E-state index in [1.165, 1.54) is 38.5 Å². The van der Waals surface area contributed by atoms with Crippen LogP contribution < -0.4 is 5.73 Å². The average molecular weight is 248 g/mol. The Morgan fingerprint density at radius 3 is 2.31 bits per heavy atom. The number of alkyl halides is 1. The van der Waals surface area contributed by atoms with E-state index in [-0.39, 0.29) is 5.91 Å². The third-order valence-electron chi connectivity index (χ3n) is 2.81. The lowest BCUT2D eigenvalue weighted by atomic mass is 9.95. The highest BCUT2D eigenvalue weighted by Gasteiger charge is 2.21. The van der Waals surface area contributed by atoms with Gasteiger partial charge >= 0.3 is 0 Å². The highest BCUT2D eigenvalue weighted by Crippen LogP contribution is 2.30. The Morgan fingerprint density at radius 2 is 1.85 bits per heavy atom. The molecule has 1 unspecified atom stereocenters. The molecular weight excluding hydrogens is 230 g/mol. The van der Waals surface area contributed by atoms with Gasteiger partial charge in [-0.1, -0.05) is 41.6 Å². The zero-order chi connectivity index (χ0) is 9.68. The van der Waals surface area contributed by atoms with Crippen LogP contribution in [-0.2, 0) is 4.79 Å². The minimum atomic E-state index is -0.189. The Morgan fingerprint density at radius 1 is 1.31 bits per heavy atom.